The van der Waals surface area contributed by atoms with Crippen LogP contribution in [0.25, 0.3) is 0 Å². The Morgan fingerprint density at radius 1 is 1.53 bits per heavy atom. The Bertz CT molecular complexity index is 315. The van der Waals surface area contributed by atoms with Gasteiger partial charge >= 0.3 is 0 Å². The molecule has 0 bridgehead atoms. The molecule has 1 aromatic heterocycles. The number of nitrogens with zero attached hydrogens (tertiary/aromatic N) is 2. The van der Waals surface area contributed by atoms with Crippen LogP contribution in [0, 0.1) is 0 Å². The fourth-order valence-electron chi connectivity index (χ4n) is 1.89. The minimum absolute atomic E-state index is 0.0382. The van der Waals surface area contributed by atoms with E-state index in [4.69, 9.17) is 9.26 Å². The van der Waals surface area contributed by atoms with Gasteiger partial charge in [-0.1, -0.05) is 5.16 Å². The molecule has 15 heavy (non-hydrogen) atoms. The third-order valence-corrected chi connectivity index (χ3v) is 3.02. The quantitative estimate of drug-likeness (QED) is 0.784. The molecule has 1 heterocycles. The van der Waals surface area contributed by atoms with Crippen LogP contribution in [0.5, 0.6) is 0 Å². The minimum Gasteiger partial charge on any atom is -0.378 e. The summed E-state index contributed by atoms with van der Waals surface area (Å²) in [5.41, 5.74) is -0.0382. The molecule has 1 fully saturated rings. The highest BCUT2D eigenvalue weighted by atomic mass is 16.5. The lowest BCUT2D eigenvalue weighted by Gasteiger charge is -2.39. The third-order valence-electron chi connectivity index (χ3n) is 3.02. The van der Waals surface area contributed by atoms with Crippen molar-refractivity contribution in [2.75, 3.05) is 14.2 Å². The molecule has 1 N–H and O–H groups in total. The van der Waals surface area contributed by atoms with Gasteiger partial charge in [-0.3, -0.25) is 0 Å². The van der Waals surface area contributed by atoms with Gasteiger partial charge in [-0.25, -0.2) is 0 Å². The van der Waals surface area contributed by atoms with Crippen LogP contribution < -0.4 is 5.32 Å². The van der Waals surface area contributed by atoms with Crippen LogP contribution in [-0.4, -0.2) is 29.9 Å². The van der Waals surface area contributed by atoms with Gasteiger partial charge in [0.05, 0.1) is 18.6 Å². The molecule has 1 aliphatic rings. The Kier molecular flexibility index (Phi) is 3.02. The topological polar surface area (TPSA) is 60.2 Å². The molecule has 0 unspecified atom stereocenters. The maximum absolute atomic E-state index is 5.50. The molecule has 1 saturated carbocycles. The fraction of sp³-hybridized carbons (Fsp3) is 0.800. The average molecular weight is 211 g/mol. The molecule has 0 aliphatic heterocycles. The summed E-state index contributed by atoms with van der Waals surface area (Å²) in [6.07, 6.45) is 4.14. The van der Waals surface area contributed by atoms with Crippen LogP contribution in [0.15, 0.2) is 4.52 Å². The van der Waals surface area contributed by atoms with E-state index in [9.17, 15) is 0 Å². The van der Waals surface area contributed by atoms with Crippen LogP contribution in [0.3, 0.4) is 0 Å². The Morgan fingerprint density at radius 2 is 2.33 bits per heavy atom. The van der Waals surface area contributed by atoms with Crippen molar-refractivity contribution in [3.63, 3.8) is 0 Å². The van der Waals surface area contributed by atoms with Crippen LogP contribution in [0.2, 0.25) is 0 Å². The van der Waals surface area contributed by atoms with E-state index in [1.54, 1.807) is 7.11 Å². The molecule has 5 heteroatoms. The predicted molar refractivity (Wildman–Crippen MR) is 54.4 cm³/mol. The molecule has 0 saturated heterocycles. The fourth-order valence-corrected chi connectivity index (χ4v) is 1.89. The zero-order chi connectivity index (χ0) is 10.7. The number of hydrogen-bond donors (Lipinski definition) is 1. The van der Waals surface area contributed by atoms with Crippen LogP contribution >= 0.6 is 0 Å². The van der Waals surface area contributed by atoms with Gasteiger partial charge in [-0.05, 0) is 26.3 Å². The highest BCUT2D eigenvalue weighted by molar-refractivity contribution is 4.98. The van der Waals surface area contributed by atoms with E-state index in [0.717, 1.165) is 19.3 Å². The van der Waals surface area contributed by atoms with Gasteiger partial charge in [0.1, 0.15) is 0 Å². The van der Waals surface area contributed by atoms with Gasteiger partial charge in [0.15, 0.2) is 5.82 Å². The molecular formula is C10H17N3O2. The SMILES string of the molecule is CNCc1noc(CC2(OC)CCC2)n1. The Labute approximate surface area is 89.2 Å². The average Bonchev–Trinajstić information content (AvgIpc) is 2.60. The molecule has 0 spiro atoms. The molecule has 1 aliphatic carbocycles. The summed E-state index contributed by atoms with van der Waals surface area (Å²) in [5.74, 6) is 1.39. The molecule has 5 nitrogen and oxygen atoms in total. The second kappa shape index (κ2) is 4.28. The number of methoxy groups -OCH3 is 1. The number of hydrogen-bond acceptors (Lipinski definition) is 5. The number of rotatable bonds is 5. The predicted octanol–water partition coefficient (Wildman–Crippen LogP) is 0.901. The summed E-state index contributed by atoms with van der Waals surface area (Å²) in [5, 5.41) is 6.86. The van der Waals surface area contributed by atoms with Crippen molar-refractivity contribution in [3.05, 3.63) is 11.7 Å². The summed E-state index contributed by atoms with van der Waals surface area (Å²) < 4.78 is 10.7. The standard InChI is InChI=1S/C10H17N3O2/c1-11-7-8-12-9(15-13-8)6-10(14-2)4-3-5-10/h11H,3-7H2,1-2H3. The zero-order valence-corrected chi connectivity index (χ0v) is 9.25. The van der Waals surface area contributed by atoms with E-state index in [-0.39, 0.29) is 5.60 Å². The molecular weight excluding hydrogens is 194 g/mol. The zero-order valence-electron chi connectivity index (χ0n) is 9.25. The maximum atomic E-state index is 5.50. The molecule has 0 aromatic carbocycles. The Hall–Kier alpha value is -0.940. The van der Waals surface area contributed by atoms with E-state index in [0.29, 0.717) is 18.3 Å². The summed E-state index contributed by atoms with van der Waals surface area (Å²) in [7, 11) is 3.61. The molecule has 0 radical (unpaired) electrons. The molecule has 1 aromatic rings. The number of nitrogens with one attached hydrogen (secondary N) is 1. The number of aromatic nitrogens is 2. The van der Waals surface area contributed by atoms with E-state index in [1.165, 1.54) is 6.42 Å². The highest BCUT2D eigenvalue weighted by Crippen LogP contribution is 2.37. The molecule has 84 valence electrons. The summed E-state index contributed by atoms with van der Waals surface area (Å²) in [6, 6.07) is 0. The lowest BCUT2D eigenvalue weighted by atomic mass is 9.77. The first-order valence-electron chi connectivity index (χ1n) is 5.29. The first kappa shape index (κ1) is 10.6. The Morgan fingerprint density at radius 3 is 2.87 bits per heavy atom. The summed E-state index contributed by atoms with van der Waals surface area (Å²) in [4.78, 5) is 4.29. The van der Waals surface area contributed by atoms with Crippen molar-refractivity contribution in [2.24, 2.45) is 0 Å². The number of ether oxygens (including phenoxy) is 1. The third kappa shape index (κ3) is 2.18. The van der Waals surface area contributed by atoms with Gasteiger partial charge < -0.3 is 14.6 Å². The lowest BCUT2D eigenvalue weighted by Crippen LogP contribution is -2.41. The van der Waals surface area contributed by atoms with E-state index in [2.05, 4.69) is 15.5 Å². The van der Waals surface area contributed by atoms with Gasteiger partial charge in [0, 0.05) is 7.11 Å². The van der Waals surface area contributed by atoms with E-state index >= 15 is 0 Å². The normalized spacial score (nSPS) is 18.8. The van der Waals surface area contributed by atoms with Gasteiger partial charge in [-0.15, -0.1) is 0 Å². The van der Waals surface area contributed by atoms with Crippen molar-refractivity contribution >= 4 is 0 Å². The van der Waals surface area contributed by atoms with Gasteiger partial charge in [-0.2, -0.15) is 4.98 Å². The first-order chi connectivity index (χ1) is 7.28. The van der Waals surface area contributed by atoms with E-state index < -0.39 is 0 Å². The molecule has 0 amide bonds. The van der Waals surface area contributed by atoms with Crippen LogP contribution in [-0.2, 0) is 17.7 Å². The van der Waals surface area contributed by atoms with Crippen LogP contribution in [0.1, 0.15) is 31.0 Å². The lowest BCUT2D eigenvalue weighted by molar-refractivity contribution is -0.0751. The molecule has 2 rings (SSSR count). The second-order valence-corrected chi connectivity index (χ2v) is 4.05. The van der Waals surface area contributed by atoms with E-state index in [1.807, 2.05) is 7.05 Å². The van der Waals surface area contributed by atoms with Crippen LogP contribution in [0.4, 0.5) is 0 Å². The summed E-state index contributed by atoms with van der Waals surface area (Å²) in [6.45, 7) is 0.642. The van der Waals surface area contributed by atoms with Crippen molar-refractivity contribution in [2.45, 2.75) is 37.8 Å². The van der Waals surface area contributed by atoms with Gasteiger partial charge in [0.2, 0.25) is 5.89 Å². The van der Waals surface area contributed by atoms with Crippen molar-refractivity contribution in [1.29, 1.82) is 0 Å². The largest absolute Gasteiger partial charge is 0.378 e. The van der Waals surface area contributed by atoms with Crippen molar-refractivity contribution in [3.8, 4) is 0 Å². The monoisotopic (exact) mass is 211 g/mol. The molecule has 0 atom stereocenters. The second-order valence-electron chi connectivity index (χ2n) is 4.05. The minimum atomic E-state index is -0.0382. The highest BCUT2D eigenvalue weighted by Gasteiger charge is 2.38. The summed E-state index contributed by atoms with van der Waals surface area (Å²) >= 11 is 0. The van der Waals surface area contributed by atoms with Crippen molar-refractivity contribution in [1.82, 2.24) is 15.5 Å². The van der Waals surface area contributed by atoms with Gasteiger partial charge in [0.25, 0.3) is 0 Å². The Balaban J connectivity index is 1.97. The smallest absolute Gasteiger partial charge is 0.229 e. The van der Waals surface area contributed by atoms with Crippen molar-refractivity contribution < 1.29 is 9.26 Å². The maximum Gasteiger partial charge on any atom is 0.229 e. The first-order valence-corrected chi connectivity index (χ1v) is 5.29.